The third-order valence-electron chi connectivity index (χ3n) is 3.46. The summed E-state index contributed by atoms with van der Waals surface area (Å²) >= 11 is 0. The predicted molar refractivity (Wildman–Crippen MR) is 79.7 cm³/mol. The molecular formula is C15H17N5. The number of benzene rings is 1. The van der Waals surface area contributed by atoms with Crippen molar-refractivity contribution in [1.29, 1.82) is 0 Å². The molecule has 0 aliphatic carbocycles. The van der Waals surface area contributed by atoms with Crippen LogP contribution in [-0.2, 0) is 6.42 Å². The van der Waals surface area contributed by atoms with Crippen molar-refractivity contribution < 1.29 is 0 Å². The van der Waals surface area contributed by atoms with Crippen LogP contribution in [0.4, 0.5) is 5.82 Å². The normalized spacial score (nSPS) is 10.9. The Morgan fingerprint density at radius 2 is 2.00 bits per heavy atom. The average molecular weight is 267 g/mol. The Morgan fingerprint density at radius 3 is 2.60 bits per heavy atom. The molecule has 5 nitrogen and oxygen atoms in total. The Labute approximate surface area is 117 Å². The summed E-state index contributed by atoms with van der Waals surface area (Å²) in [6, 6.07) is 9.92. The van der Waals surface area contributed by atoms with Gasteiger partial charge in [-0.25, -0.2) is 4.68 Å². The molecule has 3 N–H and O–H groups in total. The number of aromatic amines is 1. The van der Waals surface area contributed by atoms with Gasteiger partial charge in [0.05, 0.1) is 11.9 Å². The van der Waals surface area contributed by atoms with E-state index < -0.39 is 0 Å². The summed E-state index contributed by atoms with van der Waals surface area (Å²) in [5.74, 6) is 0.689. The van der Waals surface area contributed by atoms with E-state index in [0.717, 1.165) is 34.6 Å². The molecule has 20 heavy (non-hydrogen) atoms. The molecule has 0 fully saturated rings. The number of rotatable bonds is 3. The van der Waals surface area contributed by atoms with Gasteiger partial charge in [0.15, 0.2) is 0 Å². The maximum Gasteiger partial charge on any atom is 0.131 e. The third kappa shape index (κ3) is 1.87. The monoisotopic (exact) mass is 267 g/mol. The minimum atomic E-state index is 0.689. The largest absolute Gasteiger partial charge is 0.383 e. The molecular weight excluding hydrogens is 250 g/mol. The maximum absolute atomic E-state index is 6.27. The molecule has 0 amide bonds. The lowest BCUT2D eigenvalue weighted by Crippen LogP contribution is -2.02. The van der Waals surface area contributed by atoms with Crippen LogP contribution >= 0.6 is 0 Å². The summed E-state index contributed by atoms with van der Waals surface area (Å²) in [4.78, 5) is 0. The van der Waals surface area contributed by atoms with Gasteiger partial charge >= 0.3 is 0 Å². The van der Waals surface area contributed by atoms with Crippen molar-refractivity contribution in [2.24, 2.45) is 0 Å². The van der Waals surface area contributed by atoms with Crippen LogP contribution in [0.5, 0.6) is 0 Å². The number of nitrogen functional groups attached to an aromatic ring is 1. The van der Waals surface area contributed by atoms with E-state index in [0.29, 0.717) is 5.82 Å². The molecule has 0 unspecified atom stereocenters. The van der Waals surface area contributed by atoms with E-state index in [2.05, 4.69) is 22.2 Å². The quantitative estimate of drug-likeness (QED) is 0.766. The summed E-state index contributed by atoms with van der Waals surface area (Å²) in [7, 11) is 0. The number of H-pyrrole nitrogens is 1. The SMILES string of the molecule is CCc1c(-c2cn[nH]c2C)nn(-c2ccccc2)c1N. The number of para-hydroxylation sites is 1. The van der Waals surface area contributed by atoms with Crippen LogP contribution in [0.3, 0.4) is 0 Å². The van der Waals surface area contributed by atoms with E-state index in [-0.39, 0.29) is 0 Å². The fraction of sp³-hybridized carbons (Fsp3) is 0.200. The maximum atomic E-state index is 6.27. The zero-order valence-corrected chi connectivity index (χ0v) is 11.6. The summed E-state index contributed by atoms with van der Waals surface area (Å²) in [5, 5.41) is 11.7. The lowest BCUT2D eigenvalue weighted by atomic mass is 10.1. The lowest BCUT2D eigenvalue weighted by molar-refractivity contribution is 0.894. The molecule has 5 heteroatoms. The van der Waals surface area contributed by atoms with Gasteiger partial charge < -0.3 is 5.73 Å². The first kappa shape index (κ1) is 12.5. The van der Waals surface area contributed by atoms with Gasteiger partial charge in [-0.2, -0.15) is 10.2 Å². The van der Waals surface area contributed by atoms with Gasteiger partial charge in [0.2, 0.25) is 0 Å². The molecule has 2 heterocycles. The van der Waals surface area contributed by atoms with Gasteiger partial charge in [-0.3, -0.25) is 5.10 Å². The molecule has 0 spiro atoms. The van der Waals surface area contributed by atoms with Crippen LogP contribution in [0.15, 0.2) is 36.5 Å². The van der Waals surface area contributed by atoms with Gasteiger partial charge in [0, 0.05) is 16.8 Å². The number of hydrogen-bond acceptors (Lipinski definition) is 3. The number of anilines is 1. The Hall–Kier alpha value is -2.56. The van der Waals surface area contributed by atoms with E-state index in [4.69, 9.17) is 5.73 Å². The zero-order chi connectivity index (χ0) is 14.1. The van der Waals surface area contributed by atoms with Crippen molar-refractivity contribution in [2.45, 2.75) is 20.3 Å². The van der Waals surface area contributed by atoms with Gasteiger partial charge in [-0.05, 0) is 25.5 Å². The van der Waals surface area contributed by atoms with Gasteiger partial charge in [-0.15, -0.1) is 0 Å². The number of aromatic nitrogens is 4. The highest BCUT2D eigenvalue weighted by molar-refractivity contribution is 5.70. The van der Waals surface area contributed by atoms with Crippen molar-refractivity contribution in [2.75, 3.05) is 5.73 Å². The second-order valence-corrected chi connectivity index (χ2v) is 4.72. The average Bonchev–Trinajstić information content (AvgIpc) is 3.03. The van der Waals surface area contributed by atoms with Crippen LogP contribution in [0.2, 0.25) is 0 Å². The number of nitrogens with two attached hydrogens (primary N) is 1. The second kappa shape index (κ2) is 4.85. The third-order valence-corrected chi connectivity index (χ3v) is 3.46. The highest BCUT2D eigenvalue weighted by Crippen LogP contribution is 2.30. The van der Waals surface area contributed by atoms with Crippen molar-refractivity contribution in [1.82, 2.24) is 20.0 Å². The topological polar surface area (TPSA) is 72.5 Å². The van der Waals surface area contributed by atoms with Gasteiger partial charge in [0.1, 0.15) is 11.5 Å². The number of hydrogen-bond donors (Lipinski definition) is 2. The second-order valence-electron chi connectivity index (χ2n) is 4.72. The minimum Gasteiger partial charge on any atom is -0.383 e. The first-order valence-electron chi connectivity index (χ1n) is 6.65. The summed E-state index contributed by atoms with van der Waals surface area (Å²) in [6.45, 7) is 4.07. The number of nitrogens with zero attached hydrogens (tertiary/aromatic N) is 3. The molecule has 0 atom stereocenters. The molecule has 3 aromatic rings. The molecule has 1 aromatic carbocycles. The Kier molecular flexibility index (Phi) is 3.02. The van der Waals surface area contributed by atoms with E-state index in [9.17, 15) is 0 Å². The van der Waals surface area contributed by atoms with Crippen molar-refractivity contribution in [3.05, 3.63) is 47.8 Å². The highest BCUT2D eigenvalue weighted by atomic mass is 15.3. The van der Waals surface area contributed by atoms with Gasteiger partial charge in [-0.1, -0.05) is 25.1 Å². The number of nitrogens with one attached hydrogen (secondary N) is 1. The molecule has 0 radical (unpaired) electrons. The Balaban J connectivity index is 2.21. The zero-order valence-electron chi connectivity index (χ0n) is 11.6. The summed E-state index contributed by atoms with van der Waals surface area (Å²) < 4.78 is 1.79. The van der Waals surface area contributed by atoms with Crippen LogP contribution in [0.1, 0.15) is 18.2 Å². The first-order chi connectivity index (χ1) is 9.72. The molecule has 102 valence electrons. The van der Waals surface area contributed by atoms with E-state index in [1.54, 1.807) is 10.9 Å². The first-order valence-corrected chi connectivity index (χ1v) is 6.65. The highest BCUT2D eigenvalue weighted by Gasteiger charge is 2.18. The fourth-order valence-corrected chi connectivity index (χ4v) is 2.38. The van der Waals surface area contributed by atoms with Crippen LogP contribution in [0.25, 0.3) is 16.9 Å². The van der Waals surface area contributed by atoms with Crippen LogP contribution < -0.4 is 5.73 Å². The Morgan fingerprint density at radius 1 is 1.25 bits per heavy atom. The molecule has 0 saturated carbocycles. The standard InChI is InChI=1S/C15H17N5/c1-3-12-14(13-9-17-18-10(13)2)19-20(15(12)16)11-7-5-4-6-8-11/h4-9H,3,16H2,1-2H3,(H,17,18). The van der Waals surface area contributed by atoms with E-state index in [1.165, 1.54) is 0 Å². The van der Waals surface area contributed by atoms with Crippen LogP contribution in [0, 0.1) is 6.92 Å². The lowest BCUT2D eigenvalue weighted by Gasteiger charge is -2.03. The fourth-order valence-electron chi connectivity index (χ4n) is 2.38. The van der Waals surface area contributed by atoms with Crippen molar-refractivity contribution in [3.8, 4) is 16.9 Å². The molecule has 0 aliphatic rings. The Bertz CT molecular complexity index is 724. The summed E-state index contributed by atoms with van der Waals surface area (Å²) in [5.41, 5.74) is 11.2. The van der Waals surface area contributed by atoms with Crippen LogP contribution in [-0.4, -0.2) is 20.0 Å². The minimum absolute atomic E-state index is 0.689. The molecule has 2 aromatic heterocycles. The van der Waals surface area contributed by atoms with Crippen molar-refractivity contribution in [3.63, 3.8) is 0 Å². The molecule has 0 bridgehead atoms. The van der Waals surface area contributed by atoms with Crippen molar-refractivity contribution >= 4 is 5.82 Å². The smallest absolute Gasteiger partial charge is 0.131 e. The van der Waals surface area contributed by atoms with E-state index in [1.807, 2.05) is 37.3 Å². The molecule has 0 saturated heterocycles. The number of aryl methyl sites for hydroxylation is 1. The van der Waals surface area contributed by atoms with Gasteiger partial charge in [0.25, 0.3) is 0 Å². The molecule has 0 aliphatic heterocycles. The molecule has 3 rings (SSSR count). The summed E-state index contributed by atoms with van der Waals surface area (Å²) in [6.07, 6.45) is 2.63. The predicted octanol–water partition coefficient (Wildman–Crippen LogP) is 2.72. The van der Waals surface area contributed by atoms with E-state index >= 15 is 0 Å².